The van der Waals surface area contributed by atoms with Crippen molar-refractivity contribution in [3.05, 3.63) is 48.5 Å². The predicted molar refractivity (Wildman–Crippen MR) is 68.3 cm³/mol. The highest BCUT2D eigenvalue weighted by Gasteiger charge is 2.11. The molecule has 0 unspecified atom stereocenters. The molecule has 0 aliphatic rings. The molecule has 0 atom stereocenters. The van der Waals surface area contributed by atoms with Crippen LogP contribution in [0.15, 0.2) is 47.1 Å². The molecule has 0 amide bonds. The average molecular weight is 264 g/mol. The van der Waals surface area contributed by atoms with Crippen LogP contribution in [0.25, 0.3) is 0 Å². The zero-order valence-electron chi connectivity index (χ0n) is 10.8. The Hall–Kier alpha value is -2.30. The Morgan fingerprint density at radius 1 is 1.21 bits per heavy atom. The van der Waals surface area contributed by atoms with Crippen LogP contribution in [0.5, 0.6) is 0 Å². The van der Waals surface area contributed by atoms with Crippen LogP contribution in [0.2, 0.25) is 0 Å². The molecule has 102 valence electrons. The van der Waals surface area contributed by atoms with E-state index in [-0.39, 0.29) is 25.2 Å². The first-order valence-corrected chi connectivity index (χ1v) is 5.70. The van der Waals surface area contributed by atoms with E-state index in [1.807, 2.05) is 0 Å². The van der Waals surface area contributed by atoms with Crippen LogP contribution in [0.1, 0.15) is 12.7 Å². The zero-order chi connectivity index (χ0) is 14.3. The number of furan rings is 1. The molecule has 5 heteroatoms. The highest BCUT2D eigenvalue weighted by atomic mass is 16.6. The van der Waals surface area contributed by atoms with E-state index in [0.717, 1.165) is 0 Å². The van der Waals surface area contributed by atoms with Gasteiger partial charge >= 0.3 is 11.9 Å². The molecule has 0 spiro atoms. The number of carbonyl (C=O) groups is 2. The van der Waals surface area contributed by atoms with Gasteiger partial charge in [0.1, 0.15) is 19.0 Å². The molecule has 0 fully saturated rings. The lowest BCUT2D eigenvalue weighted by Crippen LogP contribution is -2.15. The maximum absolute atomic E-state index is 11.5. The molecular formula is C14H16O5. The number of rotatable bonds is 7. The Labute approximate surface area is 111 Å². The maximum Gasteiger partial charge on any atom is 0.333 e. The Balaban J connectivity index is 2.22. The van der Waals surface area contributed by atoms with Gasteiger partial charge in [0.2, 0.25) is 0 Å². The van der Waals surface area contributed by atoms with Crippen molar-refractivity contribution in [1.82, 2.24) is 0 Å². The van der Waals surface area contributed by atoms with E-state index in [1.54, 1.807) is 19.1 Å². The van der Waals surface area contributed by atoms with Crippen molar-refractivity contribution in [2.45, 2.75) is 13.3 Å². The minimum atomic E-state index is -0.539. The molecular weight excluding hydrogens is 248 g/mol. The minimum absolute atomic E-state index is 0.00847. The van der Waals surface area contributed by atoms with Crippen molar-refractivity contribution in [2.75, 3.05) is 13.2 Å². The largest absolute Gasteiger partial charge is 0.469 e. The van der Waals surface area contributed by atoms with E-state index >= 15 is 0 Å². The van der Waals surface area contributed by atoms with Crippen LogP contribution >= 0.6 is 0 Å². The quantitative estimate of drug-likeness (QED) is 0.428. The molecule has 0 aromatic carbocycles. The summed E-state index contributed by atoms with van der Waals surface area (Å²) in [4.78, 5) is 22.6. The van der Waals surface area contributed by atoms with Crippen molar-refractivity contribution in [1.29, 1.82) is 0 Å². The van der Waals surface area contributed by atoms with Gasteiger partial charge < -0.3 is 13.9 Å². The van der Waals surface area contributed by atoms with Gasteiger partial charge in [0.05, 0.1) is 6.26 Å². The van der Waals surface area contributed by atoms with Gasteiger partial charge in [-0.3, -0.25) is 0 Å². The van der Waals surface area contributed by atoms with Crippen molar-refractivity contribution >= 4 is 11.9 Å². The predicted octanol–water partition coefficient (Wildman–Crippen LogP) is 2.04. The summed E-state index contributed by atoms with van der Waals surface area (Å²) >= 11 is 0. The van der Waals surface area contributed by atoms with Crippen LogP contribution in [-0.4, -0.2) is 25.2 Å². The van der Waals surface area contributed by atoms with Gasteiger partial charge in [-0.2, -0.15) is 0 Å². The van der Waals surface area contributed by atoms with Crippen molar-refractivity contribution in [3.63, 3.8) is 0 Å². The zero-order valence-corrected chi connectivity index (χ0v) is 10.8. The average Bonchev–Trinajstić information content (AvgIpc) is 2.86. The van der Waals surface area contributed by atoms with E-state index in [9.17, 15) is 9.59 Å². The van der Waals surface area contributed by atoms with E-state index < -0.39 is 11.9 Å². The fraction of sp³-hybridized carbons (Fsp3) is 0.286. The first-order valence-electron chi connectivity index (χ1n) is 5.70. The molecule has 1 aromatic heterocycles. The lowest BCUT2D eigenvalue weighted by atomic mass is 10.2. The Morgan fingerprint density at radius 3 is 2.37 bits per heavy atom. The molecule has 5 nitrogen and oxygen atoms in total. The monoisotopic (exact) mass is 264 g/mol. The normalized spacial score (nSPS) is 9.74. The lowest BCUT2D eigenvalue weighted by Gasteiger charge is -2.07. The number of hydrogen-bond acceptors (Lipinski definition) is 5. The van der Waals surface area contributed by atoms with Gasteiger partial charge in [-0.1, -0.05) is 13.2 Å². The van der Waals surface area contributed by atoms with Crippen LogP contribution in [-0.2, 0) is 25.5 Å². The van der Waals surface area contributed by atoms with Crippen LogP contribution in [0.3, 0.4) is 0 Å². The fourth-order valence-electron chi connectivity index (χ4n) is 1.19. The topological polar surface area (TPSA) is 65.7 Å². The summed E-state index contributed by atoms with van der Waals surface area (Å²) in [6.45, 7) is 8.56. The maximum atomic E-state index is 11.5. The van der Waals surface area contributed by atoms with Gasteiger partial charge in [-0.15, -0.1) is 0 Å². The summed E-state index contributed by atoms with van der Waals surface area (Å²) in [6.07, 6.45) is 1.81. The second kappa shape index (κ2) is 7.20. The molecule has 19 heavy (non-hydrogen) atoms. The molecule has 1 heterocycles. The smallest absolute Gasteiger partial charge is 0.333 e. The molecule has 0 bridgehead atoms. The fourth-order valence-corrected chi connectivity index (χ4v) is 1.19. The van der Waals surface area contributed by atoms with Gasteiger partial charge in [-0.05, 0) is 19.1 Å². The number of hydrogen-bond donors (Lipinski definition) is 0. The molecule has 0 N–H and O–H groups in total. The highest BCUT2D eigenvalue weighted by molar-refractivity contribution is 5.88. The number of carbonyl (C=O) groups excluding carboxylic acids is 2. The first kappa shape index (κ1) is 14.8. The van der Waals surface area contributed by atoms with E-state index in [4.69, 9.17) is 13.9 Å². The highest BCUT2D eigenvalue weighted by Crippen LogP contribution is 2.08. The molecule has 0 aliphatic heterocycles. The summed E-state index contributed by atoms with van der Waals surface area (Å²) in [6, 6.07) is 3.47. The molecule has 0 aliphatic carbocycles. The molecule has 1 aromatic rings. The van der Waals surface area contributed by atoms with Gasteiger partial charge in [0.15, 0.2) is 0 Å². The minimum Gasteiger partial charge on any atom is -0.469 e. The third kappa shape index (κ3) is 5.25. The summed E-state index contributed by atoms with van der Waals surface area (Å²) < 4.78 is 14.8. The van der Waals surface area contributed by atoms with E-state index in [2.05, 4.69) is 13.2 Å². The van der Waals surface area contributed by atoms with Crippen LogP contribution in [0, 0.1) is 0 Å². The Kier molecular flexibility index (Phi) is 5.60. The number of esters is 2. The third-order valence-electron chi connectivity index (χ3n) is 2.15. The van der Waals surface area contributed by atoms with Gasteiger partial charge in [-0.25, -0.2) is 9.59 Å². The molecule has 0 saturated heterocycles. The van der Waals surface area contributed by atoms with Gasteiger partial charge in [0.25, 0.3) is 0 Å². The van der Waals surface area contributed by atoms with E-state index in [0.29, 0.717) is 11.3 Å². The summed E-state index contributed by atoms with van der Waals surface area (Å²) in [5, 5.41) is 0. The standard InChI is InChI=1S/C14H16O5/c1-10(2)13(15)18-7-8-19-14(16)11(3)9-12-5-4-6-17-12/h4-6H,1,3,7-9H2,2H3. The van der Waals surface area contributed by atoms with Crippen molar-refractivity contribution < 1.29 is 23.5 Å². The second-order valence-electron chi connectivity index (χ2n) is 3.91. The molecule has 0 saturated carbocycles. The van der Waals surface area contributed by atoms with Crippen LogP contribution in [0.4, 0.5) is 0 Å². The molecule has 0 radical (unpaired) electrons. The van der Waals surface area contributed by atoms with Crippen molar-refractivity contribution in [2.24, 2.45) is 0 Å². The SMILES string of the molecule is C=C(C)C(=O)OCCOC(=O)C(=C)Cc1ccco1. The van der Waals surface area contributed by atoms with Crippen molar-refractivity contribution in [3.8, 4) is 0 Å². The Morgan fingerprint density at radius 2 is 1.84 bits per heavy atom. The second-order valence-corrected chi connectivity index (χ2v) is 3.91. The number of ether oxygens (including phenoxy) is 2. The Bertz CT molecular complexity index is 470. The lowest BCUT2D eigenvalue weighted by molar-refractivity contribution is -0.147. The summed E-state index contributed by atoms with van der Waals surface area (Å²) in [5.41, 5.74) is 0.578. The van der Waals surface area contributed by atoms with E-state index in [1.165, 1.54) is 6.26 Å². The van der Waals surface area contributed by atoms with Gasteiger partial charge in [0, 0.05) is 17.6 Å². The van der Waals surface area contributed by atoms with Crippen LogP contribution < -0.4 is 0 Å². The summed E-state index contributed by atoms with van der Waals surface area (Å²) in [5.74, 6) is -0.413. The molecule has 1 rings (SSSR count). The third-order valence-corrected chi connectivity index (χ3v) is 2.15. The first-order chi connectivity index (χ1) is 9.00. The summed E-state index contributed by atoms with van der Waals surface area (Å²) in [7, 11) is 0.